The van der Waals surface area contributed by atoms with Gasteiger partial charge < -0.3 is 10.1 Å². The molecule has 3 rings (SSSR count). The van der Waals surface area contributed by atoms with Crippen LogP contribution in [-0.2, 0) is 13.2 Å². The maximum Gasteiger partial charge on any atom is 0.119 e. The van der Waals surface area contributed by atoms with Crippen LogP contribution >= 0.6 is 11.6 Å². The molecule has 0 heterocycles. The van der Waals surface area contributed by atoms with Gasteiger partial charge >= 0.3 is 0 Å². The average Bonchev–Trinajstić information content (AvgIpc) is 3.30. The Balaban J connectivity index is 1.53. The van der Waals surface area contributed by atoms with Gasteiger partial charge in [0.25, 0.3) is 0 Å². The molecule has 0 atom stereocenters. The summed E-state index contributed by atoms with van der Waals surface area (Å²) >= 11 is 6.10. The van der Waals surface area contributed by atoms with Crippen LogP contribution in [0.3, 0.4) is 0 Å². The zero-order valence-electron chi connectivity index (χ0n) is 11.3. The van der Waals surface area contributed by atoms with Gasteiger partial charge in [-0.15, -0.1) is 0 Å². The number of rotatable bonds is 6. The molecule has 1 saturated carbocycles. The number of ether oxygens (including phenoxy) is 1. The van der Waals surface area contributed by atoms with Crippen LogP contribution in [0.4, 0.5) is 0 Å². The molecule has 0 radical (unpaired) electrons. The summed E-state index contributed by atoms with van der Waals surface area (Å²) in [5.41, 5.74) is 2.30. The van der Waals surface area contributed by atoms with Crippen molar-refractivity contribution in [3.8, 4) is 5.75 Å². The molecular weight excluding hydrogens is 270 g/mol. The Labute approximate surface area is 124 Å². The van der Waals surface area contributed by atoms with Gasteiger partial charge in [-0.1, -0.05) is 41.9 Å². The summed E-state index contributed by atoms with van der Waals surface area (Å²) in [5, 5.41) is 4.25. The fourth-order valence-electron chi connectivity index (χ4n) is 2.03. The summed E-state index contributed by atoms with van der Waals surface area (Å²) in [6.45, 7) is 1.44. The van der Waals surface area contributed by atoms with Crippen molar-refractivity contribution in [2.24, 2.45) is 0 Å². The fourth-order valence-corrected chi connectivity index (χ4v) is 2.22. The Bertz CT molecular complexity index is 563. The van der Waals surface area contributed by atoms with Gasteiger partial charge in [-0.2, -0.15) is 0 Å². The van der Waals surface area contributed by atoms with Crippen molar-refractivity contribution in [2.75, 3.05) is 0 Å². The molecule has 0 spiro atoms. The molecule has 1 fully saturated rings. The van der Waals surface area contributed by atoms with Gasteiger partial charge in [0.15, 0.2) is 0 Å². The van der Waals surface area contributed by atoms with Gasteiger partial charge in [0.1, 0.15) is 12.4 Å². The Morgan fingerprint density at radius 2 is 1.80 bits per heavy atom. The molecule has 3 heteroatoms. The first kappa shape index (κ1) is 13.5. The molecule has 1 N–H and O–H groups in total. The molecular formula is C17H18ClNO. The third-order valence-electron chi connectivity index (χ3n) is 3.45. The minimum Gasteiger partial charge on any atom is -0.489 e. The second-order valence-electron chi connectivity index (χ2n) is 5.18. The number of halogens is 1. The molecule has 1 aliphatic carbocycles. The van der Waals surface area contributed by atoms with Crippen molar-refractivity contribution in [1.29, 1.82) is 0 Å². The highest BCUT2D eigenvalue weighted by Crippen LogP contribution is 2.21. The van der Waals surface area contributed by atoms with E-state index in [1.54, 1.807) is 0 Å². The zero-order chi connectivity index (χ0) is 13.8. The lowest BCUT2D eigenvalue weighted by Crippen LogP contribution is -2.15. The molecule has 0 amide bonds. The molecule has 20 heavy (non-hydrogen) atoms. The highest BCUT2D eigenvalue weighted by Gasteiger charge is 2.19. The first-order valence-electron chi connectivity index (χ1n) is 7.00. The Kier molecular flexibility index (Phi) is 4.24. The maximum atomic E-state index is 6.10. The highest BCUT2D eigenvalue weighted by molar-refractivity contribution is 6.31. The van der Waals surface area contributed by atoms with E-state index in [1.807, 2.05) is 36.4 Å². The van der Waals surface area contributed by atoms with Crippen LogP contribution in [0.25, 0.3) is 0 Å². The minimum absolute atomic E-state index is 0.499. The first-order valence-corrected chi connectivity index (χ1v) is 7.37. The second-order valence-corrected chi connectivity index (χ2v) is 5.59. The zero-order valence-corrected chi connectivity index (χ0v) is 12.1. The quantitative estimate of drug-likeness (QED) is 0.861. The van der Waals surface area contributed by atoms with Gasteiger partial charge in [-0.25, -0.2) is 0 Å². The maximum absolute atomic E-state index is 6.10. The summed E-state index contributed by atoms with van der Waals surface area (Å²) in [6.07, 6.45) is 2.64. The predicted molar refractivity (Wildman–Crippen MR) is 82.1 cm³/mol. The van der Waals surface area contributed by atoms with Crippen LogP contribution in [0.2, 0.25) is 5.02 Å². The molecule has 1 aliphatic rings. The summed E-state index contributed by atoms with van der Waals surface area (Å²) in [6, 6.07) is 16.7. The number of benzene rings is 2. The van der Waals surface area contributed by atoms with Crippen molar-refractivity contribution in [3.05, 3.63) is 64.7 Å². The topological polar surface area (TPSA) is 21.3 Å². The Morgan fingerprint density at radius 3 is 2.50 bits per heavy atom. The third kappa shape index (κ3) is 3.75. The lowest BCUT2D eigenvalue weighted by Gasteiger charge is -2.09. The largest absolute Gasteiger partial charge is 0.489 e. The van der Waals surface area contributed by atoms with E-state index in [9.17, 15) is 0 Å². The van der Waals surface area contributed by atoms with Crippen molar-refractivity contribution < 1.29 is 4.74 Å². The van der Waals surface area contributed by atoms with Crippen LogP contribution in [-0.4, -0.2) is 6.04 Å². The van der Waals surface area contributed by atoms with Crippen molar-refractivity contribution >= 4 is 11.6 Å². The van der Waals surface area contributed by atoms with Crippen LogP contribution in [0.5, 0.6) is 5.75 Å². The standard InChI is InChI=1S/C17H18ClNO/c18-17-4-2-1-3-14(17)12-20-16-9-5-13(6-10-16)11-19-15-7-8-15/h1-6,9-10,15,19H,7-8,11-12H2. The van der Waals surface area contributed by atoms with E-state index in [2.05, 4.69) is 17.4 Å². The van der Waals surface area contributed by atoms with Crippen molar-refractivity contribution in [1.82, 2.24) is 5.32 Å². The Morgan fingerprint density at radius 1 is 1.05 bits per heavy atom. The fraction of sp³-hybridized carbons (Fsp3) is 0.294. The highest BCUT2D eigenvalue weighted by atomic mass is 35.5. The number of hydrogen-bond donors (Lipinski definition) is 1. The van der Waals surface area contributed by atoms with Crippen LogP contribution < -0.4 is 10.1 Å². The van der Waals surface area contributed by atoms with E-state index in [4.69, 9.17) is 16.3 Å². The molecule has 2 nitrogen and oxygen atoms in total. The molecule has 0 bridgehead atoms. The van der Waals surface area contributed by atoms with Crippen molar-refractivity contribution in [3.63, 3.8) is 0 Å². The molecule has 0 aromatic heterocycles. The number of nitrogens with one attached hydrogen (secondary N) is 1. The second kappa shape index (κ2) is 6.29. The molecule has 2 aromatic rings. The smallest absolute Gasteiger partial charge is 0.119 e. The van der Waals surface area contributed by atoms with Gasteiger partial charge in [0, 0.05) is 23.2 Å². The summed E-state index contributed by atoms with van der Waals surface area (Å²) < 4.78 is 5.76. The summed E-state index contributed by atoms with van der Waals surface area (Å²) in [5.74, 6) is 0.875. The van der Waals surface area contributed by atoms with E-state index in [0.29, 0.717) is 6.61 Å². The summed E-state index contributed by atoms with van der Waals surface area (Å²) in [7, 11) is 0. The predicted octanol–water partition coefficient (Wildman–Crippen LogP) is 4.17. The van der Waals surface area contributed by atoms with E-state index in [-0.39, 0.29) is 0 Å². The minimum atomic E-state index is 0.499. The van der Waals surface area contributed by atoms with E-state index >= 15 is 0 Å². The molecule has 0 saturated heterocycles. The van der Waals surface area contributed by atoms with Crippen LogP contribution in [0.15, 0.2) is 48.5 Å². The van der Waals surface area contributed by atoms with E-state index in [0.717, 1.165) is 28.9 Å². The van der Waals surface area contributed by atoms with E-state index < -0.39 is 0 Å². The van der Waals surface area contributed by atoms with Crippen LogP contribution in [0.1, 0.15) is 24.0 Å². The SMILES string of the molecule is Clc1ccccc1COc1ccc(CNC2CC2)cc1. The lowest BCUT2D eigenvalue weighted by molar-refractivity contribution is 0.306. The van der Waals surface area contributed by atoms with Crippen molar-refractivity contribution in [2.45, 2.75) is 32.0 Å². The van der Waals surface area contributed by atoms with Gasteiger partial charge in [-0.05, 0) is 36.6 Å². The van der Waals surface area contributed by atoms with E-state index in [1.165, 1.54) is 18.4 Å². The monoisotopic (exact) mass is 287 g/mol. The summed E-state index contributed by atoms with van der Waals surface area (Å²) in [4.78, 5) is 0. The van der Waals surface area contributed by atoms with Gasteiger partial charge in [-0.3, -0.25) is 0 Å². The average molecular weight is 288 g/mol. The first-order chi connectivity index (χ1) is 9.81. The van der Waals surface area contributed by atoms with Gasteiger partial charge in [0.2, 0.25) is 0 Å². The molecule has 104 valence electrons. The third-order valence-corrected chi connectivity index (χ3v) is 3.82. The molecule has 2 aromatic carbocycles. The molecule has 0 unspecified atom stereocenters. The normalized spacial score (nSPS) is 14.2. The lowest BCUT2D eigenvalue weighted by atomic mass is 10.2. The van der Waals surface area contributed by atoms with Gasteiger partial charge in [0.05, 0.1) is 0 Å². The molecule has 0 aliphatic heterocycles. The number of hydrogen-bond acceptors (Lipinski definition) is 2. The van der Waals surface area contributed by atoms with Crippen LogP contribution in [0, 0.1) is 0 Å². The Hall–Kier alpha value is -1.51.